The molecule has 0 spiro atoms. The molecule has 0 heterocycles. The van der Waals surface area contributed by atoms with Crippen LogP contribution in [0.25, 0.3) is 0 Å². The van der Waals surface area contributed by atoms with Gasteiger partial charge in [0.05, 0.1) is 0 Å². The van der Waals surface area contributed by atoms with E-state index in [-0.39, 0.29) is 12.1 Å². The van der Waals surface area contributed by atoms with Crippen LogP contribution in [0.1, 0.15) is 74.1 Å². The van der Waals surface area contributed by atoms with Gasteiger partial charge in [-0.2, -0.15) is 0 Å². The molecule has 1 amide bonds. The molecule has 2 fully saturated rings. The molecule has 23 heavy (non-hydrogen) atoms. The Morgan fingerprint density at radius 3 is 2.17 bits per heavy atom. The highest BCUT2D eigenvalue weighted by molar-refractivity contribution is 5.68. The fraction of sp³-hybridized carbons (Fsp3) is 0.947. The predicted octanol–water partition coefficient (Wildman–Crippen LogP) is 4.09. The third-order valence-corrected chi connectivity index (χ3v) is 6.33. The number of amides is 1. The van der Waals surface area contributed by atoms with Gasteiger partial charge in [-0.3, -0.25) is 0 Å². The van der Waals surface area contributed by atoms with Gasteiger partial charge >= 0.3 is 6.09 Å². The molecule has 2 rings (SSSR count). The minimum absolute atomic E-state index is 0.233. The Labute approximate surface area is 142 Å². The SMILES string of the molecule is CC(C)(C)OC(=O)NC1CCCC(NCC2C(C)(C)C2(C)C)C1. The second-order valence-electron chi connectivity index (χ2n) is 9.61. The van der Waals surface area contributed by atoms with Gasteiger partial charge in [-0.05, 0) is 69.7 Å². The molecule has 2 aliphatic rings. The molecule has 2 saturated carbocycles. The number of ether oxygens (including phenoxy) is 1. The number of alkyl carbamates (subject to hydrolysis) is 1. The first-order valence-corrected chi connectivity index (χ1v) is 9.16. The molecular formula is C19H36N2O2. The van der Waals surface area contributed by atoms with Gasteiger partial charge in [0, 0.05) is 12.1 Å². The lowest BCUT2D eigenvalue weighted by Crippen LogP contribution is -2.46. The largest absolute Gasteiger partial charge is 0.444 e. The van der Waals surface area contributed by atoms with Crippen LogP contribution in [0.2, 0.25) is 0 Å². The van der Waals surface area contributed by atoms with Crippen LogP contribution < -0.4 is 10.6 Å². The number of nitrogens with one attached hydrogen (secondary N) is 2. The van der Waals surface area contributed by atoms with Crippen molar-refractivity contribution in [3.8, 4) is 0 Å². The first-order chi connectivity index (χ1) is 10.4. The summed E-state index contributed by atoms with van der Waals surface area (Å²) in [5.41, 5.74) is 0.436. The Balaban J connectivity index is 1.75. The van der Waals surface area contributed by atoms with Crippen molar-refractivity contribution in [1.29, 1.82) is 0 Å². The smallest absolute Gasteiger partial charge is 0.407 e. The van der Waals surface area contributed by atoms with E-state index in [1.54, 1.807) is 0 Å². The second-order valence-corrected chi connectivity index (χ2v) is 9.61. The van der Waals surface area contributed by atoms with E-state index in [1.165, 1.54) is 6.42 Å². The van der Waals surface area contributed by atoms with Crippen LogP contribution in [0.3, 0.4) is 0 Å². The van der Waals surface area contributed by atoms with Crippen molar-refractivity contribution in [2.24, 2.45) is 16.7 Å². The van der Waals surface area contributed by atoms with Crippen molar-refractivity contribution < 1.29 is 9.53 Å². The Morgan fingerprint density at radius 1 is 1.09 bits per heavy atom. The van der Waals surface area contributed by atoms with Crippen molar-refractivity contribution in [2.45, 2.75) is 91.8 Å². The second kappa shape index (κ2) is 6.27. The normalized spacial score (nSPS) is 29.9. The molecule has 0 bridgehead atoms. The summed E-state index contributed by atoms with van der Waals surface area (Å²) in [7, 11) is 0. The van der Waals surface area contributed by atoms with E-state index in [2.05, 4.69) is 38.3 Å². The molecule has 4 nitrogen and oxygen atoms in total. The quantitative estimate of drug-likeness (QED) is 0.819. The van der Waals surface area contributed by atoms with Crippen LogP contribution in [0.4, 0.5) is 4.79 Å². The van der Waals surface area contributed by atoms with E-state index < -0.39 is 5.60 Å². The lowest BCUT2D eigenvalue weighted by Gasteiger charge is -2.31. The fourth-order valence-electron chi connectivity index (χ4n) is 4.11. The van der Waals surface area contributed by atoms with Gasteiger partial charge in [-0.25, -0.2) is 4.79 Å². The average molecular weight is 325 g/mol. The van der Waals surface area contributed by atoms with Gasteiger partial charge in [0.2, 0.25) is 0 Å². The predicted molar refractivity (Wildman–Crippen MR) is 94.5 cm³/mol. The van der Waals surface area contributed by atoms with Crippen LogP contribution in [-0.4, -0.2) is 30.3 Å². The van der Waals surface area contributed by atoms with Crippen molar-refractivity contribution in [1.82, 2.24) is 10.6 Å². The topological polar surface area (TPSA) is 50.4 Å². The maximum absolute atomic E-state index is 11.9. The third-order valence-electron chi connectivity index (χ3n) is 6.33. The molecule has 2 unspecified atom stereocenters. The maximum atomic E-state index is 11.9. The van der Waals surface area contributed by atoms with Crippen molar-refractivity contribution in [3.63, 3.8) is 0 Å². The Kier molecular flexibility index (Phi) is 5.06. The van der Waals surface area contributed by atoms with Crippen LogP contribution in [0.15, 0.2) is 0 Å². The Morgan fingerprint density at radius 2 is 1.65 bits per heavy atom. The molecule has 2 N–H and O–H groups in total. The Bertz CT molecular complexity index is 423. The third kappa shape index (κ3) is 4.40. The zero-order valence-corrected chi connectivity index (χ0v) is 16.1. The molecule has 2 atom stereocenters. The first kappa shape index (κ1) is 18.6. The fourth-order valence-corrected chi connectivity index (χ4v) is 4.11. The van der Waals surface area contributed by atoms with Crippen LogP contribution >= 0.6 is 0 Å². The lowest BCUT2D eigenvalue weighted by molar-refractivity contribution is 0.0488. The highest BCUT2D eigenvalue weighted by Crippen LogP contribution is 2.67. The van der Waals surface area contributed by atoms with Gasteiger partial charge < -0.3 is 15.4 Å². The van der Waals surface area contributed by atoms with Gasteiger partial charge in [0.15, 0.2) is 0 Å². The monoisotopic (exact) mass is 324 g/mol. The summed E-state index contributed by atoms with van der Waals surface area (Å²) in [6, 6.07) is 0.743. The zero-order valence-electron chi connectivity index (χ0n) is 16.1. The summed E-state index contributed by atoms with van der Waals surface area (Å²) < 4.78 is 5.37. The van der Waals surface area contributed by atoms with Gasteiger partial charge in [-0.1, -0.05) is 27.7 Å². The molecule has 0 aromatic carbocycles. The average Bonchev–Trinajstić information content (AvgIpc) is 2.75. The number of carbonyl (C=O) groups is 1. The van der Waals surface area contributed by atoms with Gasteiger partial charge in [0.1, 0.15) is 5.60 Å². The molecule has 4 heteroatoms. The number of hydrogen-bond acceptors (Lipinski definition) is 3. The maximum Gasteiger partial charge on any atom is 0.407 e. The number of carbonyl (C=O) groups excluding carboxylic acids is 1. The van der Waals surface area contributed by atoms with Gasteiger partial charge in [-0.15, -0.1) is 0 Å². The van der Waals surface area contributed by atoms with Gasteiger partial charge in [0.25, 0.3) is 0 Å². The molecule has 0 aliphatic heterocycles. The van der Waals surface area contributed by atoms with Crippen molar-refractivity contribution >= 4 is 6.09 Å². The molecule has 0 saturated heterocycles. The minimum atomic E-state index is -0.431. The molecule has 134 valence electrons. The van der Waals surface area contributed by atoms with E-state index in [9.17, 15) is 4.79 Å². The van der Waals surface area contributed by atoms with E-state index >= 15 is 0 Å². The lowest BCUT2D eigenvalue weighted by atomic mass is 9.91. The summed E-state index contributed by atoms with van der Waals surface area (Å²) in [6.45, 7) is 16.3. The Hall–Kier alpha value is -0.770. The summed E-state index contributed by atoms with van der Waals surface area (Å²) in [4.78, 5) is 11.9. The van der Waals surface area contributed by atoms with Crippen LogP contribution in [-0.2, 0) is 4.74 Å². The van der Waals surface area contributed by atoms with E-state index in [4.69, 9.17) is 4.74 Å². The van der Waals surface area contributed by atoms with E-state index in [0.29, 0.717) is 16.9 Å². The highest BCUT2D eigenvalue weighted by Gasteiger charge is 2.63. The van der Waals surface area contributed by atoms with Crippen LogP contribution in [0, 0.1) is 16.7 Å². The van der Waals surface area contributed by atoms with E-state index in [1.807, 2.05) is 20.8 Å². The standard InChI is InChI=1S/C19H36N2O2/c1-17(2,3)23-16(22)21-14-10-8-9-13(11-14)20-12-15-18(4,5)19(15,6)7/h13-15,20H,8-12H2,1-7H3,(H,21,22). The van der Waals surface area contributed by atoms with Crippen LogP contribution in [0.5, 0.6) is 0 Å². The molecular weight excluding hydrogens is 288 g/mol. The van der Waals surface area contributed by atoms with E-state index in [0.717, 1.165) is 31.7 Å². The molecule has 0 aromatic heterocycles. The van der Waals surface area contributed by atoms with Crippen molar-refractivity contribution in [2.75, 3.05) is 6.54 Å². The minimum Gasteiger partial charge on any atom is -0.444 e. The summed E-state index contributed by atoms with van der Waals surface area (Å²) in [5.74, 6) is 0.745. The highest BCUT2D eigenvalue weighted by atomic mass is 16.6. The molecule has 2 aliphatic carbocycles. The number of hydrogen-bond donors (Lipinski definition) is 2. The zero-order chi connectivity index (χ0) is 17.5. The summed E-state index contributed by atoms with van der Waals surface area (Å²) in [5, 5.41) is 6.79. The molecule has 0 aromatic rings. The van der Waals surface area contributed by atoms with Crippen molar-refractivity contribution in [3.05, 3.63) is 0 Å². The molecule has 0 radical (unpaired) electrons. The first-order valence-electron chi connectivity index (χ1n) is 9.16. The summed E-state index contributed by atoms with van der Waals surface area (Å²) in [6.07, 6.45) is 4.15. The summed E-state index contributed by atoms with van der Waals surface area (Å²) >= 11 is 0. The number of rotatable bonds is 4.